The number of allylic oxidation sites excluding steroid dienone is 1. The van der Waals surface area contributed by atoms with Gasteiger partial charge in [0.25, 0.3) is 5.91 Å². The van der Waals surface area contributed by atoms with Crippen molar-refractivity contribution in [3.8, 4) is 0 Å². The Morgan fingerprint density at radius 2 is 1.81 bits per heavy atom. The molecule has 0 radical (unpaired) electrons. The summed E-state index contributed by atoms with van der Waals surface area (Å²) in [4.78, 5) is 26.7. The number of nitrogens with zero attached hydrogens (tertiary/aromatic N) is 1. The van der Waals surface area contributed by atoms with Gasteiger partial charge < -0.3 is 9.16 Å². The SMILES string of the molecule is C/C(=C\I)C[C@H](C)[C@H](O[Si](C)(C)C(C)(C)C)[C@H](C)/C=C(\C)C(=O)N1C(=O)OC[C@H]1C(C)C. The Bertz CT molecular complexity index is 739. The predicted octanol–water partition coefficient (Wildman–Crippen LogP) is 7.33. The highest BCUT2D eigenvalue weighted by atomic mass is 127. The molecule has 1 saturated heterocycles. The molecule has 4 atom stereocenters. The number of hydrogen-bond acceptors (Lipinski definition) is 4. The molecular weight excluding hydrogens is 533 g/mol. The number of rotatable bonds is 9. The van der Waals surface area contributed by atoms with Crippen molar-refractivity contribution in [2.45, 2.75) is 99.0 Å². The van der Waals surface area contributed by atoms with Crippen LogP contribution in [0.5, 0.6) is 0 Å². The molecule has 7 heteroatoms. The second-order valence-electron chi connectivity index (χ2n) is 11.3. The van der Waals surface area contributed by atoms with E-state index in [4.69, 9.17) is 9.16 Å². The van der Waals surface area contributed by atoms with Crippen molar-refractivity contribution in [3.05, 3.63) is 21.3 Å². The maximum absolute atomic E-state index is 13.2. The zero-order valence-corrected chi connectivity index (χ0v) is 25.1. The number of carbonyl (C=O) groups excluding carboxylic acids is 2. The van der Waals surface area contributed by atoms with Crippen LogP contribution in [0.25, 0.3) is 0 Å². The largest absolute Gasteiger partial charge is 0.447 e. The van der Waals surface area contributed by atoms with Crippen molar-refractivity contribution < 1.29 is 18.8 Å². The first-order chi connectivity index (χ1) is 14.5. The maximum atomic E-state index is 13.2. The first kappa shape index (κ1) is 29.4. The quantitative estimate of drug-likeness (QED) is 0.164. The van der Waals surface area contributed by atoms with Gasteiger partial charge in [0, 0.05) is 5.57 Å². The van der Waals surface area contributed by atoms with Gasteiger partial charge in [-0.15, -0.1) is 0 Å². The van der Waals surface area contributed by atoms with E-state index in [1.807, 2.05) is 19.9 Å². The summed E-state index contributed by atoms with van der Waals surface area (Å²) in [6.45, 7) is 23.9. The molecule has 2 amide bonds. The molecule has 32 heavy (non-hydrogen) atoms. The molecule has 0 unspecified atom stereocenters. The molecule has 0 aromatic heterocycles. The Kier molecular flexibility index (Phi) is 10.7. The second kappa shape index (κ2) is 11.6. The van der Waals surface area contributed by atoms with Crippen molar-refractivity contribution >= 4 is 42.9 Å². The molecule has 5 nitrogen and oxygen atoms in total. The van der Waals surface area contributed by atoms with E-state index in [9.17, 15) is 9.59 Å². The van der Waals surface area contributed by atoms with Crippen LogP contribution >= 0.6 is 22.6 Å². The molecule has 0 aromatic carbocycles. The topological polar surface area (TPSA) is 55.8 Å². The van der Waals surface area contributed by atoms with Gasteiger partial charge >= 0.3 is 6.09 Å². The summed E-state index contributed by atoms with van der Waals surface area (Å²) < 4.78 is 14.2. The minimum Gasteiger partial charge on any atom is -0.447 e. The number of ether oxygens (including phenoxy) is 1. The highest BCUT2D eigenvalue weighted by molar-refractivity contribution is 14.1. The third-order valence-electron chi connectivity index (χ3n) is 6.89. The lowest BCUT2D eigenvalue weighted by atomic mass is 9.88. The van der Waals surface area contributed by atoms with Crippen molar-refractivity contribution in [1.82, 2.24) is 4.90 Å². The lowest BCUT2D eigenvalue weighted by Gasteiger charge is -2.42. The highest BCUT2D eigenvalue weighted by Crippen LogP contribution is 2.40. The van der Waals surface area contributed by atoms with Gasteiger partial charge in [0.05, 0.1) is 12.1 Å². The molecule has 0 N–H and O–H groups in total. The summed E-state index contributed by atoms with van der Waals surface area (Å²) in [5, 5.41) is 0.0945. The van der Waals surface area contributed by atoms with E-state index in [0.717, 1.165) is 6.42 Å². The summed E-state index contributed by atoms with van der Waals surface area (Å²) >= 11 is 2.29. The van der Waals surface area contributed by atoms with Crippen LogP contribution in [0.2, 0.25) is 18.1 Å². The average Bonchev–Trinajstić information content (AvgIpc) is 3.05. The van der Waals surface area contributed by atoms with Crippen molar-refractivity contribution in [2.24, 2.45) is 17.8 Å². The van der Waals surface area contributed by atoms with Gasteiger partial charge in [0.15, 0.2) is 8.32 Å². The summed E-state index contributed by atoms with van der Waals surface area (Å²) in [5.41, 5.74) is 1.89. The van der Waals surface area contributed by atoms with Gasteiger partial charge in [-0.25, -0.2) is 9.69 Å². The van der Waals surface area contributed by atoms with E-state index in [1.165, 1.54) is 10.5 Å². The minimum absolute atomic E-state index is 0.0173. The molecule has 1 heterocycles. The molecule has 0 spiro atoms. The van der Waals surface area contributed by atoms with E-state index in [-0.39, 0.29) is 41.5 Å². The van der Waals surface area contributed by atoms with Gasteiger partial charge in [-0.3, -0.25) is 4.79 Å². The third kappa shape index (κ3) is 7.42. The molecule has 0 saturated carbocycles. The van der Waals surface area contributed by atoms with Crippen LogP contribution in [-0.2, 0) is 14.0 Å². The van der Waals surface area contributed by atoms with Gasteiger partial charge in [-0.05, 0) is 60.2 Å². The van der Waals surface area contributed by atoms with Crippen LogP contribution in [0.3, 0.4) is 0 Å². The molecular formula is C25H44INO4Si. The van der Waals surface area contributed by atoms with E-state index < -0.39 is 14.4 Å². The highest BCUT2D eigenvalue weighted by Gasteiger charge is 2.42. The average molecular weight is 578 g/mol. The van der Waals surface area contributed by atoms with E-state index in [2.05, 4.69) is 81.3 Å². The monoisotopic (exact) mass is 577 g/mol. The number of cyclic esters (lactones) is 1. The number of amides is 2. The first-order valence-electron chi connectivity index (χ1n) is 11.7. The zero-order valence-electron chi connectivity index (χ0n) is 21.9. The molecule has 1 fully saturated rings. The van der Waals surface area contributed by atoms with Gasteiger partial charge in [0.2, 0.25) is 0 Å². The van der Waals surface area contributed by atoms with Crippen LogP contribution < -0.4 is 0 Å². The normalized spacial score (nSPS) is 21.6. The Morgan fingerprint density at radius 3 is 2.28 bits per heavy atom. The summed E-state index contributed by atoms with van der Waals surface area (Å²) in [7, 11) is -2.02. The lowest BCUT2D eigenvalue weighted by Crippen LogP contribution is -2.47. The fourth-order valence-electron chi connectivity index (χ4n) is 3.84. The van der Waals surface area contributed by atoms with Crippen molar-refractivity contribution in [3.63, 3.8) is 0 Å². The lowest BCUT2D eigenvalue weighted by molar-refractivity contribution is -0.125. The Hall–Kier alpha value is -0.673. The number of halogens is 1. The Balaban J connectivity index is 3.22. The van der Waals surface area contributed by atoms with Gasteiger partial charge in [0.1, 0.15) is 6.61 Å². The number of carbonyl (C=O) groups is 2. The molecule has 184 valence electrons. The zero-order chi connectivity index (χ0) is 25.0. The molecule has 1 aliphatic rings. The second-order valence-corrected chi connectivity index (χ2v) is 16.6. The van der Waals surface area contributed by atoms with Crippen molar-refractivity contribution in [2.75, 3.05) is 6.61 Å². The van der Waals surface area contributed by atoms with Crippen LogP contribution in [0.15, 0.2) is 21.3 Å². The molecule has 0 aliphatic carbocycles. The number of hydrogen-bond donors (Lipinski definition) is 0. The molecule has 1 aliphatic heterocycles. The van der Waals surface area contributed by atoms with Crippen molar-refractivity contribution in [1.29, 1.82) is 0 Å². The van der Waals surface area contributed by atoms with Crippen LogP contribution in [-0.4, -0.2) is 44.0 Å². The van der Waals surface area contributed by atoms with Crippen LogP contribution in [0.4, 0.5) is 4.79 Å². The maximum Gasteiger partial charge on any atom is 0.417 e. The number of imide groups is 1. The van der Waals surface area contributed by atoms with E-state index in [0.29, 0.717) is 11.5 Å². The Labute approximate surface area is 210 Å². The van der Waals surface area contributed by atoms with E-state index in [1.54, 1.807) is 6.92 Å². The smallest absolute Gasteiger partial charge is 0.417 e. The fraction of sp³-hybridized carbons (Fsp3) is 0.760. The standard InChI is InChI=1S/C25H44INO4Si/c1-16(2)21-15-30-24(29)27(21)23(28)20(6)13-19(5)22(18(4)12-17(3)14-26)31-32(10,11)25(7,8)9/h13-14,16,18-19,21-22H,12,15H2,1-11H3/b17-14+,20-13+/t18-,19+,21-,22-/m0/s1. The summed E-state index contributed by atoms with van der Waals surface area (Å²) in [5.74, 6) is 0.208. The molecule has 1 rings (SSSR count). The minimum atomic E-state index is -2.02. The third-order valence-corrected chi connectivity index (χ3v) is 12.4. The Morgan fingerprint density at radius 1 is 1.25 bits per heavy atom. The fourth-order valence-corrected chi connectivity index (χ4v) is 5.57. The predicted molar refractivity (Wildman–Crippen MR) is 143 cm³/mol. The molecule has 0 bridgehead atoms. The summed E-state index contributed by atoms with van der Waals surface area (Å²) in [6, 6.07) is -0.219. The van der Waals surface area contributed by atoms with Crippen LogP contribution in [0.1, 0.15) is 68.7 Å². The van der Waals surface area contributed by atoms with E-state index >= 15 is 0 Å². The van der Waals surface area contributed by atoms with Gasteiger partial charge in [-0.1, -0.05) is 82.7 Å². The first-order valence-corrected chi connectivity index (χ1v) is 15.8. The summed E-state index contributed by atoms with van der Waals surface area (Å²) in [6.07, 6.45) is 2.38. The van der Waals surface area contributed by atoms with Gasteiger partial charge in [-0.2, -0.15) is 0 Å². The molecule has 0 aromatic rings. The van der Waals surface area contributed by atoms with Crippen LogP contribution in [0, 0.1) is 17.8 Å².